The molecule has 96 valence electrons. The summed E-state index contributed by atoms with van der Waals surface area (Å²) >= 11 is 6.08. The van der Waals surface area contributed by atoms with E-state index >= 15 is 0 Å². The number of rotatable bonds is 2. The highest BCUT2D eigenvalue weighted by atomic mass is 35.5. The van der Waals surface area contributed by atoms with Gasteiger partial charge >= 0.3 is 0 Å². The van der Waals surface area contributed by atoms with Crippen LogP contribution < -0.4 is 0 Å². The largest absolute Gasteiger partial charge is 0.324 e. The first-order chi connectivity index (χ1) is 9.19. The topological polar surface area (TPSA) is 17.8 Å². The molecule has 0 fully saturated rings. The van der Waals surface area contributed by atoms with Crippen LogP contribution >= 0.6 is 11.6 Å². The standard InChI is InChI=1S/C16H15ClN2/c1-3-19-15-10-13(17)8-9-14(15)18-16(19)12-6-4-11(2)5-7-12/h4-10H,3H2,1-2H3. The minimum atomic E-state index is 0.748. The summed E-state index contributed by atoms with van der Waals surface area (Å²) < 4.78 is 2.20. The second-order valence-corrected chi connectivity index (χ2v) is 5.12. The molecule has 0 aliphatic rings. The molecule has 0 saturated heterocycles. The summed E-state index contributed by atoms with van der Waals surface area (Å²) in [5.74, 6) is 1.000. The van der Waals surface area contributed by atoms with Gasteiger partial charge < -0.3 is 4.57 Å². The van der Waals surface area contributed by atoms with E-state index < -0.39 is 0 Å². The number of hydrogen-bond donors (Lipinski definition) is 0. The second kappa shape index (κ2) is 4.71. The van der Waals surface area contributed by atoms with E-state index in [1.54, 1.807) is 0 Å². The smallest absolute Gasteiger partial charge is 0.141 e. The third kappa shape index (κ3) is 2.13. The first-order valence-corrected chi connectivity index (χ1v) is 6.79. The Morgan fingerprint density at radius 1 is 1.11 bits per heavy atom. The Hall–Kier alpha value is -1.80. The van der Waals surface area contributed by atoms with Gasteiger partial charge in [0.2, 0.25) is 0 Å². The minimum Gasteiger partial charge on any atom is -0.324 e. The van der Waals surface area contributed by atoms with E-state index in [-0.39, 0.29) is 0 Å². The first-order valence-electron chi connectivity index (χ1n) is 6.42. The van der Waals surface area contributed by atoms with E-state index in [0.717, 1.165) is 34.0 Å². The average molecular weight is 271 g/mol. The zero-order chi connectivity index (χ0) is 13.4. The molecule has 3 rings (SSSR count). The summed E-state index contributed by atoms with van der Waals surface area (Å²) in [6.45, 7) is 5.09. The fraction of sp³-hybridized carbons (Fsp3) is 0.188. The van der Waals surface area contributed by atoms with Gasteiger partial charge in [0.05, 0.1) is 11.0 Å². The molecule has 1 heterocycles. The summed E-state index contributed by atoms with van der Waals surface area (Å²) in [5.41, 5.74) is 4.47. The molecule has 0 amide bonds. The van der Waals surface area contributed by atoms with Gasteiger partial charge in [-0.2, -0.15) is 0 Å². The van der Waals surface area contributed by atoms with Crippen LogP contribution in [0.25, 0.3) is 22.4 Å². The summed E-state index contributed by atoms with van der Waals surface area (Å²) in [6, 6.07) is 14.3. The number of nitrogens with zero attached hydrogens (tertiary/aromatic N) is 2. The number of aromatic nitrogens is 2. The van der Waals surface area contributed by atoms with Crippen molar-refractivity contribution < 1.29 is 0 Å². The third-order valence-corrected chi connectivity index (χ3v) is 3.57. The number of imidazole rings is 1. The highest BCUT2D eigenvalue weighted by Crippen LogP contribution is 2.26. The lowest BCUT2D eigenvalue weighted by atomic mass is 10.1. The summed E-state index contributed by atoms with van der Waals surface area (Å²) in [6.07, 6.45) is 0. The van der Waals surface area contributed by atoms with Gasteiger partial charge in [-0.15, -0.1) is 0 Å². The average Bonchev–Trinajstić information content (AvgIpc) is 2.77. The molecule has 1 aromatic heterocycles. The summed E-state index contributed by atoms with van der Waals surface area (Å²) in [5, 5.41) is 0.748. The maximum atomic E-state index is 6.08. The third-order valence-electron chi connectivity index (χ3n) is 3.34. The Morgan fingerprint density at radius 2 is 1.84 bits per heavy atom. The molecule has 0 spiro atoms. The van der Waals surface area contributed by atoms with Crippen molar-refractivity contribution in [3.05, 3.63) is 53.1 Å². The van der Waals surface area contributed by atoms with Crippen LogP contribution in [0.3, 0.4) is 0 Å². The van der Waals surface area contributed by atoms with E-state index in [0.29, 0.717) is 0 Å². The Morgan fingerprint density at radius 3 is 2.53 bits per heavy atom. The minimum absolute atomic E-state index is 0.748. The van der Waals surface area contributed by atoms with Crippen molar-refractivity contribution in [1.82, 2.24) is 9.55 Å². The summed E-state index contributed by atoms with van der Waals surface area (Å²) in [7, 11) is 0. The van der Waals surface area contributed by atoms with Crippen LogP contribution in [0.5, 0.6) is 0 Å². The van der Waals surface area contributed by atoms with Crippen molar-refractivity contribution in [2.75, 3.05) is 0 Å². The van der Waals surface area contributed by atoms with Gasteiger partial charge in [0.25, 0.3) is 0 Å². The van der Waals surface area contributed by atoms with Gasteiger partial charge in [-0.1, -0.05) is 41.4 Å². The lowest BCUT2D eigenvalue weighted by molar-refractivity contribution is 0.796. The van der Waals surface area contributed by atoms with E-state index in [4.69, 9.17) is 16.6 Å². The zero-order valence-electron chi connectivity index (χ0n) is 11.0. The molecule has 0 atom stereocenters. The van der Waals surface area contributed by atoms with Crippen molar-refractivity contribution >= 4 is 22.6 Å². The normalized spacial score (nSPS) is 11.1. The van der Waals surface area contributed by atoms with Crippen LogP contribution in [0.2, 0.25) is 5.02 Å². The van der Waals surface area contributed by atoms with Gasteiger partial charge in [0.1, 0.15) is 5.82 Å². The molecule has 0 bridgehead atoms. The van der Waals surface area contributed by atoms with E-state index in [1.165, 1.54) is 5.56 Å². The van der Waals surface area contributed by atoms with Gasteiger partial charge in [0, 0.05) is 17.1 Å². The Labute approximate surface area is 117 Å². The molecule has 3 heteroatoms. The molecular formula is C16H15ClN2. The lowest BCUT2D eigenvalue weighted by Gasteiger charge is -2.06. The number of benzene rings is 2. The lowest BCUT2D eigenvalue weighted by Crippen LogP contribution is -1.97. The van der Waals surface area contributed by atoms with Crippen molar-refractivity contribution in [2.45, 2.75) is 20.4 Å². The molecule has 2 aromatic carbocycles. The van der Waals surface area contributed by atoms with Gasteiger partial charge in [-0.05, 0) is 32.0 Å². The maximum Gasteiger partial charge on any atom is 0.141 e. The van der Waals surface area contributed by atoms with Crippen molar-refractivity contribution in [2.24, 2.45) is 0 Å². The molecular weight excluding hydrogens is 256 g/mol. The van der Waals surface area contributed by atoms with Crippen LogP contribution in [-0.4, -0.2) is 9.55 Å². The number of fused-ring (bicyclic) bond motifs is 1. The fourth-order valence-corrected chi connectivity index (χ4v) is 2.51. The SMILES string of the molecule is CCn1c(-c2ccc(C)cc2)nc2ccc(Cl)cc21. The van der Waals surface area contributed by atoms with Crippen LogP contribution in [0, 0.1) is 6.92 Å². The van der Waals surface area contributed by atoms with E-state index in [9.17, 15) is 0 Å². The predicted molar refractivity (Wildman–Crippen MR) is 80.6 cm³/mol. The van der Waals surface area contributed by atoms with Crippen LogP contribution in [0.1, 0.15) is 12.5 Å². The Balaban J connectivity index is 2.25. The molecule has 19 heavy (non-hydrogen) atoms. The van der Waals surface area contributed by atoms with Crippen molar-refractivity contribution in [3.8, 4) is 11.4 Å². The Bertz CT molecular complexity index is 726. The first kappa shape index (κ1) is 12.2. The molecule has 0 radical (unpaired) electrons. The van der Waals surface area contributed by atoms with Crippen LogP contribution in [0.4, 0.5) is 0 Å². The molecule has 0 saturated carbocycles. The quantitative estimate of drug-likeness (QED) is 0.661. The van der Waals surface area contributed by atoms with Gasteiger partial charge in [0.15, 0.2) is 0 Å². The zero-order valence-corrected chi connectivity index (χ0v) is 11.8. The molecule has 2 nitrogen and oxygen atoms in total. The Kier molecular flexibility index (Phi) is 3.03. The molecule has 0 aliphatic carbocycles. The summed E-state index contributed by atoms with van der Waals surface area (Å²) in [4.78, 5) is 4.73. The monoisotopic (exact) mass is 270 g/mol. The second-order valence-electron chi connectivity index (χ2n) is 4.68. The molecule has 0 unspecified atom stereocenters. The van der Waals surface area contributed by atoms with Crippen molar-refractivity contribution in [1.29, 1.82) is 0 Å². The van der Waals surface area contributed by atoms with E-state index in [2.05, 4.69) is 42.7 Å². The highest BCUT2D eigenvalue weighted by molar-refractivity contribution is 6.31. The highest BCUT2D eigenvalue weighted by Gasteiger charge is 2.11. The maximum absolute atomic E-state index is 6.08. The fourth-order valence-electron chi connectivity index (χ4n) is 2.34. The number of halogens is 1. The van der Waals surface area contributed by atoms with Crippen LogP contribution in [-0.2, 0) is 6.54 Å². The van der Waals surface area contributed by atoms with Crippen LogP contribution in [0.15, 0.2) is 42.5 Å². The van der Waals surface area contributed by atoms with Gasteiger partial charge in [-0.3, -0.25) is 0 Å². The van der Waals surface area contributed by atoms with Crippen molar-refractivity contribution in [3.63, 3.8) is 0 Å². The molecule has 3 aromatic rings. The number of aryl methyl sites for hydroxylation is 2. The predicted octanol–water partition coefficient (Wildman–Crippen LogP) is 4.69. The molecule has 0 N–H and O–H groups in total. The number of hydrogen-bond acceptors (Lipinski definition) is 1. The van der Waals surface area contributed by atoms with E-state index in [1.807, 2.05) is 18.2 Å². The molecule has 0 aliphatic heterocycles. The van der Waals surface area contributed by atoms with Gasteiger partial charge in [-0.25, -0.2) is 4.98 Å².